The number of halogens is 1. The van der Waals surface area contributed by atoms with Crippen LogP contribution in [0.4, 0.5) is 0 Å². The van der Waals surface area contributed by atoms with Crippen LogP contribution >= 0.6 is 11.6 Å². The summed E-state index contributed by atoms with van der Waals surface area (Å²) in [5.74, 6) is -0.0632. The minimum absolute atomic E-state index is 0.0632. The van der Waals surface area contributed by atoms with Gasteiger partial charge in [0.2, 0.25) is 0 Å². The molecule has 1 aromatic rings. The summed E-state index contributed by atoms with van der Waals surface area (Å²) >= 11 is 5.84. The molecular weight excluding hydrogens is 280 g/mol. The van der Waals surface area contributed by atoms with Gasteiger partial charge in [-0.05, 0) is 26.0 Å². The van der Waals surface area contributed by atoms with Crippen molar-refractivity contribution in [1.29, 1.82) is 0 Å². The van der Waals surface area contributed by atoms with E-state index in [9.17, 15) is 4.79 Å². The highest BCUT2D eigenvalue weighted by Crippen LogP contribution is 2.23. The Labute approximate surface area is 123 Å². The molecule has 0 unspecified atom stereocenters. The Hall–Kier alpha value is -1.17. The standard InChI is InChI=1S/C14H19ClN2O3/c1-14(2)9-17(7-11(20-14)8-19-3)13(18)10-4-5-16-12(15)6-10/h4-6,11H,7-9H2,1-3H3/t11-/m1/s1. The third-order valence-electron chi connectivity index (χ3n) is 3.09. The zero-order valence-corrected chi connectivity index (χ0v) is 12.7. The number of hydrogen-bond acceptors (Lipinski definition) is 4. The van der Waals surface area contributed by atoms with Gasteiger partial charge in [-0.3, -0.25) is 4.79 Å². The summed E-state index contributed by atoms with van der Waals surface area (Å²) in [5, 5.41) is 0.316. The lowest BCUT2D eigenvalue weighted by molar-refractivity contribution is -0.143. The highest BCUT2D eigenvalue weighted by molar-refractivity contribution is 6.29. The Bertz CT molecular complexity index is 493. The van der Waals surface area contributed by atoms with E-state index in [1.54, 1.807) is 24.1 Å². The smallest absolute Gasteiger partial charge is 0.254 e. The number of amides is 1. The maximum absolute atomic E-state index is 12.5. The van der Waals surface area contributed by atoms with Gasteiger partial charge in [-0.1, -0.05) is 11.6 Å². The molecule has 0 aliphatic carbocycles. The Kier molecular flexibility index (Phi) is 4.62. The molecular formula is C14H19ClN2O3. The largest absolute Gasteiger partial charge is 0.382 e. The lowest BCUT2D eigenvalue weighted by Gasteiger charge is -2.42. The summed E-state index contributed by atoms with van der Waals surface area (Å²) in [6.07, 6.45) is 1.42. The van der Waals surface area contributed by atoms with Crippen LogP contribution in [0.5, 0.6) is 0 Å². The van der Waals surface area contributed by atoms with Gasteiger partial charge in [0.25, 0.3) is 5.91 Å². The fraction of sp³-hybridized carbons (Fsp3) is 0.571. The van der Waals surface area contributed by atoms with Crippen molar-refractivity contribution in [3.63, 3.8) is 0 Å². The Morgan fingerprint density at radius 1 is 1.65 bits per heavy atom. The average Bonchev–Trinajstić information content (AvgIpc) is 2.36. The van der Waals surface area contributed by atoms with Gasteiger partial charge in [-0.25, -0.2) is 4.98 Å². The molecule has 1 aliphatic rings. The fourth-order valence-corrected chi connectivity index (χ4v) is 2.62. The number of hydrogen-bond donors (Lipinski definition) is 0. The van der Waals surface area contributed by atoms with Gasteiger partial charge in [0.05, 0.1) is 18.3 Å². The first-order chi connectivity index (χ1) is 9.41. The molecule has 0 radical (unpaired) electrons. The van der Waals surface area contributed by atoms with Crippen LogP contribution in [0.1, 0.15) is 24.2 Å². The van der Waals surface area contributed by atoms with Crippen molar-refractivity contribution < 1.29 is 14.3 Å². The summed E-state index contributed by atoms with van der Waals surface area (Å²) in [7, 11) is 1.62. The van der Waals surface area contributed by atoms with Crippen LogP contribution in [0, 0.1) is 0 Å². The molecule has 20 heavy (non-hydrogen) atoms. The number of nitrogens with zero attached hydrogens (tertiary/aromatic N) is 2. The van der Waals surface area contributed by atoms with Gasteiger partial charge in [0.15, 0.2) is 0 Å². The monoisotopic (exact) mass is 298 g/mol. The molecule has 2 heterocycles. The van der Waals surface area contributed by atoms with E-state index < -0.39 is 5.60 Å². The lowest BCUT2D eigenvalue weighted by Crippen LogP contribution is -2.55. The molecule has 0 N–H and O–H groups in total. The number of morpholine rings is 1. The van der Waals surface area contributed by atoms with Crippen molar-refractivity contribution in [2.24, 2.45) is 0 Å². The van der Waals surface area contributed by atoms with Crippen molar-refractivity contribution >= 4 is 17.5 Å². The first-order valence-electron chi connectivity index (χ1n) is 6.49. The second-order valence-electron chi connectivity index (χ2n) is 5.51. The zero-order valence-electron chi connectivity index (χ0n) is 11.9. The van der Waals surface area contributed by atoms with Crippen LogP contribution in [0.25, 0.3) is 0 Å². The minimum atomic E-state index is -0.395. The maximum Gasteiger partial charge on any atom is 0.254 e. The number of carbonyl (C=O) groups excluding carboxylic acids is 1. The van der Waals surface area contributed by atoms with Crippen LogP contribution in [0.2, 0.25) is 5.15 Å². The maximum atomic E-state index is 12.5. The molecule has 0 saturated carbocycles. The topological polar surface area (TPSA) is 51.7 Å². The zero-order chi connectivity index (χ0) is 14.8. The number of ether oxygens (including phenoxy) is 2. The predicted molar refractivity (Wildman–Crippen MR) is 76.0 cm³/mol. The third-order valence-corrected chi connectivity index (χ3v) is 3.30. The third kappa shape index (κ3) is 3.69. The van der Waals surface area contributed by atoms with Crippen molar-refractivity contribution in [2.75, 3.05) is 26.8 Å². The van der Waals surface area contributed by atoms with Crippen molar-refractivity contribution in [2.45, 2.75) is 25.6 Å². The second-order valence-corrected chi connectivity index (χ2v) is 5.90. The van der Waals surface area contributed by atoms with Gasteiger partial charge < -0.3 is 14.4 Å². The summed E-state index contributed by atoms with van der Waals surface area (Å²) in [6.45, 7) is 5.44. The molecule has 110 valence electrons. The molecule has 0 spiro atoms. The number of aromatic nitrogens is 1. The van der Waals surface area contributed by atoms with Gasteiger partial charge >= 0.3 is 0 Å². The molecule has 2 rings (SSSR count). The SMILES string of the molecule is COC[C@H]1CN(C(=O)c2ccnc(Cl)c2)CC(C)(C)O1. The fourth-order valence-electron chi connectivity index (χ4n) is 2.44. The number of methoxy groups -OCH3 is 1. The quantitative estimate of drug-likeness (QED) is 0.801. The van der Waals surface area contributed by atoms with E-state index in [-0.39, 0.29) is 12.0 Å². The molecule has 1 aliphatic heterocycles. The molecule has 1 saturated heterocycles. The van der Waals surface area contributed by atoms with Crippen molar-refractivity contribution in [1.82, 2.24) is 9.88 Å². The molecule has 1 atom stereocenters. The van der Waals surface area contributed by atoms with Crippen LogP contribution in [0.15, 0.2) is 18.3 Å². The first kappa shape index (κ1) is 15.2. The Morgan fingerprint density at radius 3 is 3.05 bits per heavy atom. The molecule has 1 aromatic heterocycles. The average molecular weight is 299 g/mol. The van der Waals surface area contributed by atoms with Gasteiger partial charge in [0.1, 0.15) is 5.15 Å². The number of carbonyl (C=O) groups is 1. The Balaban J connectivity index is 2.16. The number of rotatable bonds is 3. The van der Waals surface area contributed by atoms with E-state index in [0.29, 0.717) is 30.4 Å². The van der Waals surface area contributed by atoms with Crippen LogP contribution in [-0.2, 0) is 9.47 Å². The normalized spacial score (nSPS) is 21.8. The van der Waals surface area contributed by atoms with Crippen LogP contribution < -0.4 is 0 Å². The van der Waals surface area contributed by atoms with Crippen LogP contribution in [0.3, 0.4) is 0 Å². The van der Waals surface area contributed by atoms with Gasteiger partial charge in [-0.15, -0.1) is 0 Å². The van der Waals surface area contributed by atoms with E-state index in [1.165, 1.54) is 6.20 Å². The molecule has 6 heteroatoms. The summed E-state index contributed by atoms with van der Waals surface area (Å²) in [4.78, 5) is 18.2. The van der Waals surface area contributed by atoms with E-state index in [4.69, 9.17) is 21.1 Å². The summed E-state index contributed by atoms with van der Waals surface area (Å²) in [6, 6.07) is 3.25. The molecule has 0 bridgehead atoms. The minimum Gasteiger partial charge on any atom is -0.382 e. The van der Waals surface area contributed by atoms with Crippen molar-refractivity contribution in [3.8, 4) is 0 Å². The molecule has 5 nitrogen and oxygen atoms in total. The highest BCUT2D eigenvalue weighted by Gasteiger charge is 2.35. The van der Waals surface area contributed by atoms with Gasteiger partial charge in [-0.2, -0.15) is 0 Å². The Morgan fingerprint density at radius 2 is 2.40 bits per heavy atom. The molecule has 0 aromatic carbocycles. The van der Waals surface area contributed by atoms with Crippen molar-refractivity contribution in [3.05, 3.63) is 29.0 Å². The van der Waals surface area contributed by atoms with Gasteiger partial charge in [0, 0.05) is 32.0 Å². The predicted octanol–water partition coefficient (Wildman–Crippen LogP) is 2.00. The summed E-state index contributed by atoms with van der Waals surface area (Å²) < 4.78 is 11.0. The molecule has 1 amide bonds. The second kappa shape index (κ2) is 6.08. The summed E-state index contributed by atoms with van der Waals surface area (Å²) in [5.41, 5.74) is 0.146. The lowest BCUT2D eigenvalue weighted by atomic mass is 10.0. The van der Waals surface area contributed by atoms with E-state index in [1.807, 2.05) is 13.8 Å². The van der Waals surface area contributed by atoms with E-state index in [2.05, 4.69) is 4.98 Å². The van der Waals surface area contributed by atoms with Crippen LogP contribution in [-0.4, -0.2) is 54.3 Å². The number of pyridine rings is 1. The highest BCUT2D eigenvalue weighted by atomic mass is 35.5. The molecule has 1 fully saturated rings. The van der Waals surface area contributed by atoms with E-state index >= 15 is 0 Å². The van der Waals surface area contributed by atoms with E-state index in [0.717, 1.165) is 0 Å². The first-order valence-corrected chi connectivity index (χ1v) is 6.87.